The molecule has 0 bridgehead atoms. The standard InChI is InChI=1S/C18H25N3O5/c1-5-25-18(24)15-10(2)16(19-11(15)3)17(23)21-8-12-13(9-21)26-7-6-14(22)20(12)4/h12-13,19H,5-9H2,1-4H3/t12-,13-/m0/s1. The van der Waals surface area contributed by atoms with E-state index in [0.29, 0.717) is 48.6 Å². The van der Waals surface area contributed by atoms with Crippen LogP contribution in [0.25, 0.3) is 0 Å². The smallest absolute Gasteiger partial charge is 0.340 e. The number of aryl methyl sites for hydroxylation is 1. The van der Waals surface area contributed by atoms with E-state index < -0.39 is 5.97 Å². The second-order valence-corrected chi connectivity index (χ2v) is 6.79. The van der Waals surface area contributed by atoms with Crippen molar-refractivity contribution in [2.75, 3.05) is 33.4 Å². The number of aromatic amines is 1. The molecule has 8 nitrogen and oxygen atoms in total. The fourth-order valence-corrected chi connectivity index (χ4v) is 3.75. The number of carbonyl (C=O) groups excluding carboxylic acids is 3. The van der Waals surface area contributed by atoms with Crippen LogP contribution < -0.4 is 0 Å². The van der Waals surface area contributed by atoms with Crippen LogP contribution >= 0.6 is 0 Å². The molecule has 2 amide bonds. The van der Waals surface area contributed by atoms with E-state index in [2.05, 4.69) is 4.98 Å². The van der Waals surface area contributed by atoms with Gasteiger partial charge in [0.25, 0.3) is 5.91 Å². The highest BCUT2D eigenvalue weighted by molar-refractivity contribution is 6.00. The first-order valence-corrected chi connectivity index (χ1v) is 8.88. The highest BCUT2D eigenvalue weighted by Gasteiger charge is 2.42. The molecule has 1 N–H and O–H groups in total. The fourth-order valence-electron chi connectivity index (χ4n) is 3.75. The number of hydrogen-bond donors (Lipinski definition) is 1. The molecule has 2 aliphatic heterocycles. The lowest BCUT2D eigenvalue weighted by Crippen LogP contribution is -2.43. The third-order valence-electron chi connectivity index (χ3n) is 5.19. The summed E-state index contributed by atoms with van der Waals surface area (Å²) < 4.78 is 10.8. The molecule has 1 aromatic rings. The van der Waals surface area contributed by atoms with Gasteiger partial charge in [0.05, 0.1) is 37.3 Å². The minimum Gasteiger partial charge on any atom is -0.462 e. The first-order valence-electron chi connectivity index (χ1n) is 8.88. The average molecular weight is 363 g/mol. The number of nitrogens with zero attached hydrogens (tertiary/aromatic N) is 2. The fraction of sp³-hybridized carbons (Fsp3) is 0.611. The summed E-state index contributed by atoms with van der Waals surface area (Å²) in [5, 5.41) is 0. The summed E-state index contributed by atoms with van der Waals surface area (Å²) in [5.74, 6) is -0.597. The van der Waals surface area contributed by atoms with E-state index in [-0.39, 0.29) is 30.6 Å². The van der Waals surface area contributed by atoms with Crippen LogP contribution in [0.1, 0.15) is 45.4 Å². The van der Waals surface area contributed by atoms with Crippen LogP contribution in [0, 0.1) is 13.8 Å². The van der Waals surface area contributed by atoms with Crippen LogP contribution in [0.3, 0.4) is 0 Å². The normalized spacial score (nSPS) is 23.0. The Morgan fingerprint density at radius 3 is 2.73 bits per heavy atom. The minimum atomic E-state index is -0.432. The summed E-state index contributed by atoms with van der Waals surface area (Å²) in [7, 11) is 1.76. The summed E-state index contributed by atoms with van der Waals surface area (Å²) in [5.41, 5.74) is 1.99. The van der Waals surface area contributed by atoms with Crippen molar-refractivity contribution in [2.24, 2.45) is 0 Å². The number of likely N-dealkylation sites (N-methyl/N-ethyl adjacent to an activating group) is 1. The molecule has 142 valence electrons. The van der Waals surface area contributed by atoms with E-state index in [9.17, 15) is 14.4 Å². The Bertz CT molecular complexity index is 741. The molecule has 3 rings (SSSR count). The summed E-state index contributed by atoms with van der Waals surface area (Å²) in [6.45, 7) is 6.72. The van der Waals surface area contributed by atoms with Gasteiger partial charge in [0.1, 0.15) is 5.69 Å². The Hall–Kier alpha value is -2.35. The molecule has 2 atom stereocenters. The third-order valence-corrected chi connectivity index (χ3v) is 5.19. The number of rotatable bonds is 3. The third kappa shape index (κ3) is 3.09. The van der Waals surface area contributed by atoms with Gasteiger partial charge in [-0.05, 0) is 26.3 Å². The number of esters is 1. The number of ether oxygens (including phenoxy) is 2. The molecule has 0 spiro atoms. The van der Waals surface area contributed by atoms with Gasteiger partial charge < -0.3 is 24.3 Å². The zero-order valence-corrected chi connectivity index (χ0v) is 15.6. The Morgan fingerprint density at radius 1 is 1.31 bits per heavy atom. The second kappa shape index (κ2) is 7.11. The Balaban J connectivity index is 1.82. The molecule has 26 heavy (non-hydrogen) atoms. The van der Waals surface area contributed by atoms with Crippen LogP contribution in [0.4, 0.5) is 0 Å². The Labute approximate surface area is 152 Å². The number of aromatic nitrogens is 1. The van der Waals surface area contributed by atoms with E-state index in [0.717, 1.165) is 0 Å². The summed E-state index contributed by atoms with van der Waals surface area (Å²) in [6.07, 6.45) is 0.186. The molecule has 0 unspecified atom stereocenters. The van der Waals surface area contributed by atoms with Gasteiger partial charge in [-0.3, -0.25) is 9.59 Å². The van der Waals surface area contributed by atoms with E-state index in [1.54, 1.807) is 37.6 Å². The summed E-state index contributed by atoms with van der Waals surface area (Å²) >= 11 is 0. The van der Waals surface area contributed by atoms with Crippen molar-refractivity contribution in [1.82, 2.24) is 14.8 Å². The second-order valence-electron chi connectivity index (χ2n) is 6.79. The molecule has 0 radical (unpaired) electrons. The maximum absolute atomic E-state index is 13.0. The number of likely N-dealkylation sites (tertiary alicyclic amines) is 1. The van der Waals surface area contributed by atoms with Gasteiger partial charge in [-0.25, -0.2) is 4.79 Å². The zero-order chi connectivity index (χ0) is 19.0. The van der Waals surface area contributed by atoms with Gasteiger partial charge in [0.2, 0.25) is 5.91 Å². The Kier molecular flexibility index (Phi) is 5.04. The number of carbonyl (C=O) groups is 3. The van der Waals surface area contributed by atoms with Crippen LogP contribution in [0.2, 0.25) is 0 Å². The highest BCUT2D eigenvalue weighted by atomic mass is 16.5. The van der Waals surface area contributed by atoms with Crippen molar-refractivity contribution in [3.63, 3.8) is 0 Å². The minimum absolute atomic E-state index is 0.0308. The van der Waals surface area contributed by atoms with Gasteiger partial charge in [-0.15, -0.1) is 0 Å². The summed E-state index contributed by atoms with van der Waals surface area (Å²) in [4.78, 5) is 43.6. The zero-order valence-electron chi connectivity index (χ0n) is 15.6. The molecule has 8 heteroatoms. The monoisotopic (exact) mass is 363 g/mol. The molecule has 0 aromatic carbocycles. The number of nitrogens with one attached hydrogen (secondary N) is 1. The van der Waals surface area contributed by atoms with Gasteiger partial charge in [0.15, 0.2) is 0 Å². The summed E-state index contributed by atoms with van der Waals surface area (Å²) in [6, 6.07) is -0.144. The van der Waals surface area contributed by atoms with Crippen molar-refractivity contribution >= 4 is 17.8 Å². The lowest BCUT2D eigenvalue weighted by molar-refractivity contribution is -0.131. The van der Waals surface area contributed by atoms with E-state index in [1.165, 1.54) is 0 Å². The van der Waals surface area contributed by atoms with Crippen molar-refractivity contribution in [1.29, 1.82) is 0 Å². The number of fused-ring (bicyclic) bond motifs is 1. The number of H-pyrrole nitrogens is 1. The average Bonchev–Trinajstić information content (AvgIpc) is 3.11. The maximum Gasteiger partial charge on any atom is 0.340 e. The first-order chi connectivity index (χ1) is 12.3. The number of hydrogen-bond acceptors (Lipinski definition) is 5. The van der Waals surface area contributed by atoms with E-state index >= 15 is 0 Å². The van der Waals surface area contributed by atoms with E-state index in [1.807, 2.05) is 0 Å². The van der Waals surface area contributed by atoms with Crippen molar-refractivity contribution in [2.45, 2.75) is 39.3 Å². The van der Waals surface area contributed by atoms with Gasteiger partial charge in [-0.2, -0.15) is 0 Å². The molecule has 2 fully saturated rings. The lowest BCUT2D eigenvalue weighted by atomic mass is 10.1. The van der Waals surface area contributed by atoms with Crippen LogP contribution in [0.5, 0.6) is 0 Å². The molecule has 2 aliphatic rings. The maximum atomic E-state index is 13.0. The number of amides is 2. The van der Waals surface area contributed by atoms with Crippen molar-refractivity contribution < 1.29 is 23.9 Å². The molecule has 0 saturated carbocycles. The molecule has 1 aromatic heterocycles. The van der Waals surface area contributed by atoms with Crippen LogP contribution in [-0.2, 0) is 14.3 Å². The predicted octanol–water partition coefficient (Wildman–Crippen LogP) is 0.880. The molecule has 2 saturated heterocycles. The highest BCUT2D eigenvalue weighted by Crippen LogP contribution is 2.26. The first kappa shape index (κ1) is 18.4. The Morgan fingerprint density at radius 2 is 2.04 bits per heavy atom. The van der Waals surface area contributed by atoms with Gasteiger partial charge >= 0.3 is 5.97 Å². The SMILES string of the molecule is CCOC(=O)c1c(C)[nH]c(C(=O)N2C[C@@H]3OCCC(=O)N(C)[C@H]3C2)c1C. The van der Waals surface area contributed by atoms with Gasteiger partial charge in [0, 0.05) is 25.8 Å². The van der Waals surface area contributed by atoms with Crippen LogP contribution in [0.15, 0.2) is 0 Å². The quantitative estimate of drug-likeness (QED) is 0.805. The lowest BCUT2D eigenvalue weighted by Gasteiger charge is -2.25. The van der Waals surface area contributed by atoms with E-state index in [4.69, 9.17) is 9.47 Å². The van der Waals surface area contributed by atoms with Crippen molar-refractivity contribution in [3.05, 3.63) is 22.5 Å². The molecular formula is C18H25N3O5. The van der Waals surface area contributed by atoms with Crippen molar-refractivity contribution in [3.8, 4) is 0 Å². The largest absolute Gasteiger partial charge is 0.462 e. The molecule has 0 aliphatic carbocycles. The molecule has 3 heterocycles. The predicted molar refractivity (Wildman–Crippen MR) is 93.0 cm³/mol. The molecular weight excluding hydrogens is 338 g/mol. The topological polar surface area (TPSA) is 91.9 Å². The van der Waals surface area contributed by atoms with Gasteiger partial charge in [-0.1, -0.05) is 0 Å². The van der Waals surface area contributed by atoms with Crippen LogP contribution in [-0.4, -0.2) is 78.1 Å².